The van der Waals surface area contributed by atoms with Crippen molar-refractivity contribution in [2.75, 3.05) is 31.5 Å². The van der Waals surface area contributed by atoms with E-state index in [1.54, 1.807) is 36.4 Å². The lowest BCUT2D eigenvalue weighted by Gasteiger charge is -2.37. The van der Waals surface area contributed by atoms with Crippen LogP contribution in [0.5, 0.6) is 5.75 Å². The Hall–Kier alpha value is -3.09. The Morgan fingerprint density at radius 2 is 1.84 bits per heavy atom. The zero-order valence-corrected chi connectivity index (χ0v) is 17.0. The zero-order chi connectivity index (χ0) is 22.4. The first-order valence-corrected chi connectivity index (χ1v) is 9.85. The summed E-state index contributed by atoms with van der Waals surface area (Å²) in [6.07, 6.45) is -4.70. The fourth-order valence-corrected chi connectivity index (χ4v) is 3.44. The molecular weight excluding hydrogens is 409 g/mol. The van der Waals surface area contributed by atoms with Gasteiger partial charge in [0.25, 0.3) is 0 Å². The maximum Gasteiger partial charge on any atom is 0.573 e. The zero-order valence-electron chi connectivity index (χ0n) is 17.0. The average Bonchev–Trinajstić information content (AvgIpc) is 2.74. The number of benzene rings is 2. The van der Waals surface area contributed by atoms with Crippen molar-refractivity contribution in [2.24, 2.45) is 0 Å². The summed E-state index contributed by atoms with van der Waals surface area (Å²) in [5.74, 6) is -0.370. The molecule has 31 heavy (non-hydrogen) atoms. The molecule has 0 spiro atoms. The number of piperazine rings is 1. The van der Waals surface area contributed by atoms with Gasteiger partial charge in [0.1, 0.15) is 5.75 Å². The Bertz CT molecular complexity index is 933. The first-order chi connectivity index (χ1) is 14.7. The lowest BCUT2D eigenvalue weighted by Crippen LogP contribution is -2.52. The van der Waals surface area contributed by atoms with E-state index in [0.29, 0.717) is 30.9 Å². The van der Waals surface area contributed by atoms with Crippen molar-refractivity contribution in [3.8, 4) is 11.8 Å². The highest BCUT2D eigenvalue weighted by Crippen LogP contribution is 2.23. The van der Waals surface area contributed by atoms with Crippen LogP contribution in [-0.2, 0) is 11.3 Å². The van der Waals surface area contributed by atoms with Crippen molar-refractivity contribution in [3.05, 3.63) is 59.7 Å². The molecule has 1 fully saturated rings. The fraction of sp³-hybridized carbons (Fsp3) is 0.364. The van der Waals surface area contributed by atoms with Gasteiger partial charge >= 0.3 is 6.36 Å². The van der Waals surface area contributed by atoms with Gasteiger partial charge in [-0.3, -0.25) is 14.6 Å². The Morgan fingerprint density at radius 3 is 2.45 bits per heavy atom. The minimum atomic E-state index is -4.70. The normalized spacial score (nSPS) is 16.4. The quantitative estimate of drug-likeness (QED) is 0.756. The number of carbonyl (C=O) groups is 1. The number of nitrogens with zero attached hydrogens (tertiary/aromatic N) is 3. The van der Waals surface area contributed by atoms with E-state index in [0.717, 1.165) is 18.7 Å². The van der Waals surface area contributed by atoms with Crippen LogP contribution in [-0.4, -0.2) is 54.3 Å². The number of carbonyl (C=O) groups excluding carboxylic acids is 1. The maximum absolute atomic E-state index is 12.6. The van der Waals surface area contributed by atoms with Crippen LogP contribution >= 0.6 is 0 Å². The summed E-state index contributed by atoms with van der Waals surface area (Å²) in [7, 11) is 0. The Morgan fingerprint density at radius 1 is 1.16 bits per heavy atom. The third-order valence-corrected chi connectivity index (χ3v) is 5.16. The third kappa shape index (κ3) is 6.70. The number of anilines is 1. The first kappa shape index (κ1) is 22.6. The first-order valence-electron chi connectivity index (χ1n) is 9.85. The molecule has 2 aromatic carbocycles. The van der Waals surface area contributed by atoms with Crippen molar-refractivity contribution >= 4 is 11.6 Å². The fourth-order valence-electron chi connectivity index (χ4n) is 3.44. The molecule has 0 aromatic heterocycles. The Kier molecular flexibility index (Phi) is 7.15. The number of hydrogen-bond acceptors (Lipinski definition) is 5. The Balaban J connectivity index is 1.47. The smallest absolute Gasteiger partial charge is 0.406 e. The molecule has 0 saturated carbocycles. The van der Waals surface area contributed by atoms with E-state index in [1.165, 1.54) is 12.1 Å². The molecule has 1 atom stereocenters. The molecule has 9 heteroatoms. The second-order valence-corrected chi connectivity index (χ2v) is 7.36. The van der Waals surface area contributed by atoms with Crippen LogP contribution in [0.4, 0.5) is 18.9 Å². The van der Waals surface area contributed by atoms with Crippen molar-refractivity contribution in [1.29, 1.82) is 5.26 Å². The van der Waals surface area contributed by atoms with E-state index in [4.69, 9.17) is 5.26 Å². The van der Waals surface area contributed by atoms with E-state index < -0.39 is 6.36 Å². The maximum atomic E-state index is 12.6. The number of alkyl halides is 3. The molecule has 2 aromatic rings. The van der Waals surface area contributed by atoms with Gasteiger partial charge in [0, 0.05) is 38.4 Å². The Labute approximate surface area is 178 Å². The van der Waals surface area contributed by atoms with Gasteiger partial charge in [-0.15, -0.1) is 13.2 Å². The highest BCUT2D eigenvalue weighted by atomic mass is 19.4. The lowest BCUT2D eigenvalue weighted by molar-refractivity contribution is -0.274. The summed E-state index contributed by atoms with van der Waals surface area (Å²) in [6.45, 7) is 5.33. The van der Waals surface area contributed by atoms with Gasteiger partial charge in [0.05, 0.1) is 17.7 Å². The SMILES string of the molecule is CC(C(=O)Nc1cccc(C#N)c1)N1CCN(Cc2ccc(OC(F)(F)F)cc2)CC1. The molecule has 1 aliphatic rings. The van der Waals surface area contributed by atoms with E-state index in [2.05, 4.69) is 19.9 Å². The second-order valence-electron chi connectivity index (χ2n) is 7.36. The van der Waals surface area contributed by atoms with Crippen molar-refractivity contribution in [2.45, 2.75) is 25.9 Å². The topological polar surface area (TPSA) is 68.6 Å². The van der Waals surface area contributed by atoms with Crippen molar-refractivity contribution in [3.63, 3.8) is 0 Å². The van der Waals surface area contributed by atoms with Gasteiger partial charge in [-0.2, -0.15) is 5.26 Å². The number of rotatable bonds is 6. The summed E-state index contributed by atoms with van der Waals surface area (Å²) in [5.41, 5.74) is 1.97. The van der Waals surface area contributed by atoms with E-state index in [9.17, 15) is 18.0 Å². The molecule has 3 rings (SSSR count). The number of amides is 1. The molecule has 0 aliphatic carbocycles. The van der Waals surface area contributed by atoms with Crippen LogP contribution in [0.2, 0.25) is 0 Å². The summed E-state index contributed by atoms with van der Waals surface area (Å²) in [4.78, 5) is 16.8. The molecule has 164 valence electrons. The monoisotopic (exact) mass is 432 g/mol. The largest absolute Gasteiger partial charge is 0.573 e. The van der Waals surface area contributed by atoms with E-state index in [-0.39, 0.29) is 17.7 Å². The molecule has 0 bridgehead atoms. The van der Waals surface area contributed by atoms with Crippen LogP contribution < -0.4 is 10.1 Å². The lowest BCUT2D eigenvalue weighted by atomic mass is 10.1. The van der Waals surface area contributed by atoms with Crippen LogP contribution in [0.3, 0.4) is 0 Å². The van der Waals surface area contributed by atoms with Gasteiger partial charge < -0.3 is 10.1 Å². The summed E-state index contributed by atoms with van der Waals surface area (Å²) < 4.78 is 40.7. The predicted molar refractivity (Wildman–Crippen MR) is 109 cm³/mol. The number of nitriles is 1. The number of hydrogen-bond donors (Lipinski definition) is 1. The van der Waals surface area contributed by atoms with Crippen LogP contribution in [0.15, 0.2) is 48.5 Å². The molecule has 1 heterocycles. The van der Waals surface area contributed by atoms with E-state index in [1.807, 2.05) is 13.0 Å². The van der Waals surface area contributed by atoms with Gasteiger partial charge in [0.2, 0.25) is 5.91 Å². The third-order valence-electron chi connectivity index (χ3n) is 5.16. The molecule has 1 N–H and O–H groups in total. The van der Waals surface area contributed by atoms with E-state index >= 15 is 0 Å². The molecular formula is C22H23F3N4O2. The summed E-state index contributed by atoms with van der Waals surface area (Å²) >= 11 is 0. The van der Waals surface area contributed by atoms with Crippen molar-refractivity contribution < 1.29 is 22.7 Å². The molecule has 1 unspecified atom stereocenters. The highest BCUT2D eigenvalue weighted by molar-refractivity contribution is 5.94. The molecule has 1 aliphatic heterocycles. The summed E-state index contributed by atoms with van der Waals surface area (Å²) in [6, 6.07) is 14.4. The van der Waals surface area contributed by atoms with Crippen LogP contribution in [0, 0.1) is 11.3 Å². The molecule has 1 amide bonds. The highest BCUT2D eigenvalue weighted by Gasteiger charge is 2.31. The predicted octanol–water partition coefficient (Wildman–Crippen LogP) is 3.60. The van der Waals surface area contributed by atoms with Crippen LogP contribution in [0.25, 0.3) is 0 Å². The minimum Gasteiger partial charge on any atom is -0.406 e. The van der Waals surface area contributed by atoms with Gasteiger partial charge in [-0.1, -0.05) is 18.2 Å². The second kappa shape index (κ2) is 9.81. The molecule has 1 saturated heterocycles. The molecule has 0 radical (unpaired) electrons. The van der Waals surface area contributed by atoms with Crippen LogP contribution in [0.1, 0.15) is 18.1 Å². The van der Waals surface area contributed by atoms with Crippen molar-refractivity contribution in [1.82, 2.24) is 9.80 Å². The number of halogens is 3. The number of ether oxygens (including phenoxy) is 1. The molecule has 6 nitrogen and oxygen atoms in total. The van der Waals surface area contributed by atoms with Gasteiger partial charge in [-0.25, -0.2) is 0 Å². The number of nitrogens with one attached hydrogen (secondary N) is 1. The average molecular weight is 432 g/mol. The standard InChI is InChI=1S/C22H23F3N4O2/c1-16(21(30)27-19-4-2-3-18(13-19)14-26)29-11-9-28(10-12-29)15-17-5-7-20(8-6-17)31-22(23,24)25/h2-8,13,16H,9-12,15H2,1H3,(H,27,30). The van der Waals surface area contributed by atoms with Gasteiger partial charge in [0.15, 0.2) is 0 Å². The summed E-state index contributed by atoms with van der Waals surface area (Å²) in [5, 5.41) is 11.8. The van der Waals surface area contributed by atoms with Gasteiger partial charge in [-0.05, 0) is 42.8 Å². The minimum absolute atomic E-state index is 0.135.